The van der Waals surface area contributed by atoms with Crippen molar-refractivity contribution in [2.24, 2.45) is 5.73 Å². The Morgan fingerprint density at radius 1 is 1.26 bits per heavy atom. The van der Waals surface area contributed by atoms with Crippen LogP contribution < -0.4 is 5.73 Å². The third kappa shape index (κ3) is 2.74. The van der Waals surface area contributed by atoms with Gasteiger partial charge in [0.2, 0.25) is 0 Å². The van der Waals surface area contributed by atoms with E-state index in [1.807, 2.05) is 18.5 Å². The average molecular weight is 322 g/mol. The van der Waals surface area contributed by atoms with Crippen LogP contribution in [-0.2, 0) is 0 Å². The van der Waals surface area contributed by atoms with Gasteiger partial charge in [0.1, 0.15) is 0 Å². The zero-order valence-corrected chi connectivity index (χ0v) is 13.4. The molecule has 0 aliphatic rings. The SMILES string of the molecule is Cc1cccc(C(C(C)N)n2nc(C)c(Br)c2C)c1. The highest BCUT2D eigenvalue weighted by Crippen LogP contribution is 2.28. The van der Waals surface area contributed by atoms with E-state index in [0.717, 1.165) is 15.9 Å². The van der Waals surface area contributed by atoms with E-state index >= 15 is 0 Å². The highest BCUT2D eigenvalue weighted by Gasteiger charge is 2.23. The summed E-state index contributed by atoms with van der Waals surface area (Å²) in [5.41, 5.74) is 10.8. The lowest BCUT2D eigenvalue weighted by Gasteiger charge is -2.23. The first kappa shape index (κ1) is 14.3. The maximum atomic E-state index is 6.20. The van der Waals surface area contributed by atoms with Crippen molar-refractivity contribution in [3.63, 3.8) is 0 Å². The molecule has 0 spiro atoms. The molecule has 19 heavy (non-hydrogen) atoms. The molecule has 0 fully saturated rings. The molecular weight excluding hydrogens is 302 g/mol. The van der Waals surface area contributed by atoms with E-state index < -0.39 is 0 Å². The van der Waals surface area contributed by atoms with Gasteiger partial charge in [-0.25, -0.2) is 0 Å². The summed E-state index contributed by atoms with van der Waals surface area (Å²) in [4.78, 5) is 0. The van der Waals surface area contributed by atoms with Crippen molar-refractivity contribution in [1.29, 1.82) is 0 Å². The number of hydrogen-bond donors (Lipinski definition) is 1. The van der Waals surface area contributed by atoms with E-state index in [4.69, 9.17) is 5.73 Å². The zero-order chi connectivity index (χ0) is 14.2. The minimum Gasteiger partial charge on any atom is -0.326 e. The van der Waals surface area contributed by atoms with Crippen LogP contribution in [0.1, 0.15) is 35.5 Å². The van der Waals surface area contributed by atoms with Gasteiger partial charge in [-0.15, -0.1) is 0 Å². The fraction of sp³-hybridized carbons (Fsp3) is 0.400. The second-order valence-corrected chi connectivity index (χ2v) is 5.94. The summed E-state index contributed by atoms with van der Waals surface area (Å²) in [5, 5.41) is 4.63. The van der Waals surface area contributed by atoms with Crippen LogP contribution in [0.3, 0.4) is 0 Å². The van der Waals surface area contributed by atoms with E-state index in [0.29, 0.717) is 0 Å². The van der Waals surface area contributed by atoms with Crippen LogP contribution in [0.4, 0.5) is 0 Å². The molecule has 0 aliphatic carbocycles. The quantitative estimate of drug-likeness (QED) is 0.940. The molecule has 1 aromatic carbocycles. The van der Waals surface area contributed by atoms with Crippen molar-refractivity contribution >= 4 is 15.9 Å². The van der Waals surface area contributed by atoms with Gasteiger partial charge in [-0.3, -0.25) is 4.68 Å². The maximum absolute atomic E-state index is 6.20. The van der Waals surface area contributed by atoms with E-state index in [1.54, 1.807) is 0 Å². The molecule has 0 aliphatic heterocycles. The lowest BCUT2D eigenvalue weighted by molar-refractivity contribution is 0.443. The predicted octanol–water partition coefficient (Wildman–Crippen LogP) is 3.51. The number of hydrogen-bond acceptors (Lipinski definition) is 2. The van der Waals surface area contributed by atoms with E-state index in [2.05, 4.69) is 59.1 Å². The number of nitrogens with two attached hydrogens (primary N) is 1. The topological polar surface area (TPSA) is 43.8 Å². The van der Waals surface area contributed by atoms with Crippen molar-refractivity contribution in [3.8, 4) is 0 Å². The van der Waals surface area contributed by atoms with Crippen LogP contribution in [0.2, 0.25) is 0 Å². The Labute approximate surface area is 122 Å². The second-order valence-electron chi connectivity index (χ2n) is 5.15. The molecule has 1 heterocycles. The van der Waals surface area contributed by atoms with Crippen molar-refractivity contribution in [2.45, 2.75) is 39.8 Å². The number of nitrogens with zero attached hydrogens (tertiary/aromatic N) is 2. The van der Waals surface area contributed by atoms with Gasteiger partial charge in [0, 0.05) is 6.04 Å². The molecule has 0 amide bonds. The molecule has 3 nitrogen and oxygen atoms in total. The smallest absolute Gasteiger partial charge is 0.0920 e. The van der Waals surface area contributed by atoms with Gasteiger partial charge in [0.15, 0.2) is 0 Å². The molecule has 4 heteroatoms. The van der Waals surface area contributed by atoms with E-state index in [-0.39, 0.29) is 12.1 Å². The van der Waals surface area contributed by atoms with E-state index in [9.17, 15) is 0 Å². The number of aryl methyl sites for hydroxylation is 2. The maximum Gasteiger partial charge on any atom is 0.0920 e. The molecule has 1 aromatic heterocycles. The number of aromatic nitrogens is 2. The number of halogens is 1. The predicted molar refractivity (Wildman–Crippen MR) is 82.4 cm³/mol. The first-order chi connectivity index (χ1) is 8.91. The summed E-state index contributed by atoms with van der Waals surface area (Å²) >= 11 is 3.58. The van der Waals surface area contributed by atoms with E-state index in [1.165, 1.54) is 11.1 Å². The Balaban J connectivity index is 2.55. The highest BCUT2D eigenvalue weighted by molar-refractivity contribution is 9.10. The Morgan fingerprint density at radius 2 is 1.95 bits per heavy atom. The summed E-state index contributed by atoms with van der Waals surface area (Å²) in [6.07, 6.45) is 0. The van der Waals surface area contributed by atoms with Crippen LogP contribution in [-0.4, -0.2) is 15.8 Å². The fourth-order valence-corrected chi connectivity index (χ4v) is 2.70. The third-order valence-electron chi connectivity index (χ3n) is 3.38. The first-order valence-electron chi connectivity index (χ1n) is 6.45. The average Bonchev–Trinajstić information content (AvgIpc) is 2.57. The third-order valence-corrected chi connectivity index (χ3v) is 4.53. The summed E-state index contributed by atoms with van der Waals surface area (Å²) in [7, 11) is 0. The molecule has 2 atom stereocenters. The largest absolute Gasteiger partial charge is 0.326 e. The van der Waals surface area contributed by atoms with Crippen LogP contribution in [0.15, 0.2) is 28.7 Å². The van der Waals surface area contributed by atoms with Gasteiger partial charge in [0.05, 0.1) is 21.9 Å². The fourth-order valence-electron chi connectivity index (χ4n) is 2.44. The van der Waals surface area contributed by atoms with Gasteiger partial charge in [-0.05, 0) is 49.2 Å². The van der Waals surface area contributed by atoms with Crippen molar-refractivity contribution < 1.29 is 0 Å². The van der Waals surface area contributed by atoms with Crippen molar-refractivity contribution in [3.05, 3.63) is 51.3 Å². The summed E-state index contributed by atoms with van der Waals surface area (Å²) in [6.45, 7) is 8.19. The van der Waals surface area contributed by atoms with Crippen LogP contribution in [0.25, 0.3) is 0 Å². The molecular formula is C15H20BrN3. The van der Waals surface area contributed by atoms with Crippen LogP contribution >= 0.6 is 15.9 Å². The zero-order valence-electron chi connectivity index (χ0n) is 11.8. The molecule has 2 N–H and O–H groups in total. The van der Waals surface area contributed by atoms with Crippen molar-refractivity contribution in [1.82, 2.24) is 9.78 Å². The molecule has 0 radical (unpaired) electrons. The van der Waals surface area contributed by atoms with Crippen LogP contribution in [0, 0.1) is 20.8 Å². The second kappa shape index (κ2) is 5.47. The normalized spacial score (nSPS) is 14.4. The summed E-state index contributed by atoms with van der Waals surface area (Å²) in [6, 6.07) is 8.51. The Morgan fingerprint density at radius 3 is 2.42 bits per heavy atom. The van der Waals surface area contributed by atoms with Gasteiger partial charge in [0.25, 0.3) is 0 Å². The molecule has 0 saturated heterocycles. The molecule has 0 saturated carbocycles. The lowest BCUT2D eigenvalue weighted by Crippen LogP contribution is -2.31. The van der Waals surface area contributed by atoms with Gasteiger partial charge in [-0.1, -0.05) is 29.8 Å². The molecule has 2 rings (SSSR count). The molecule has 2 unspecified atom stereocenters. The van der Waals surface area contributed by atoms with Gasteiger partial charge in [-0.2, -0.15) is 5.10 Å². The number of rotatable bonds is 3. The Bertz CT molecular complexity index is 587. The van der Waals surface area contributed by atoms with Gasteiger partial charge >= 0.3 is 0 Å². The Kier molecular flexibility index (Phi) is 4.11. The minimum atomic E-state index is -0.00769. The molecule has 2 aromatic rings. The number of benzene rings is 1. The lowest BCUT2D eigenvalue weighted by atomic mass is 9.99. The highest BCUT2D eigenvalue weighted by atomic mass is 79.9. The summed E-state index contributed by atoms with van der Waals surface area (Å²) < 4.78 is 3.09. The van der Waals surface area contributed by atoms with Crippen LogP contribution in [0.5, 0.6) is 0 Å². The molecule has 102 valence electrons. The standard InChI is InChI=1S/C15H20BrN3/c1-9-6-5-7-13(8-9)15(10(2)17)19-12(4)14(16)11(3)18-19/h5-8,10,15H,17H2,1-4H3. The minimum absolute atomic E-state index is 0.00769. The summed E-state index contributed by atoms with van der Waals surface area (Å²) in [5.74, 6) is 0. The monoisotopic (exact) mass is 321 g/mol. The first-order valence-corrected chi connectivity index (χ1v) is 7.24. The molecule has 0 bridgehead atoms. The Hall–Kier alpha value is -1.13. The van der Waals surface area contributed by atoms with Gasteiger partial charge < -0.3 is 5.73 Å². The van der Waals surface area contributed by atoms with Crippen molar-refractivity contribution in [2.75, 3.05) is 0 Å².